The summed E-state index contributed by atoms with van der Waals surface area (Å²) in [6.45, 7) is 7.28. The maximum absolute atomic E-state index is 12.3. The maximum atomic E-state index is 12.3. The summed E-state index contributed by atoms with van der Waals surface area (Å²) in [4.78, 5) is 24.5. The summed E-state index contributed by atoms with van der Waals surface area (Å²) in [5.41, 5.74) is 1.61. The molecule has 24 heavy (non-hydrogen) atoms. The predicted octanol–water partition coefficient (Wildman–Crippen LogP) is 3.25. The number of aromatic hydroxyl groups is 1. The van der Waals surface area contributed by atoms with Crippen molar-refractivity contribution in [2.45, 2.75) is 65.5 Å². The third-order valence-electron chi connectivity index (χ3n) is 5.01. The van der Waals surface area contributed by atoms with Crippen LogP contribution in [0, 0.1) is 19.8 Å². The zero-order valence-electron chi connectivity index (χ0n) is 14.9. The lowest BCUT2D eigenvalue weighted by molar-refractivity contribution is -0.130. The molecule has 0 bridgehead atoms. The normalized spacial score (nSPS) is 21.8. The third kappa shape index (κ3) is 4.08. The molecule has 1 aromatic carbocycles. The van der Waals surface area contributed by atoms with E-state index < -0.39 is 12.1 Å². The highest BCUT2D eigenvalue weighted by Crippen LogP contribution is 2.26. The summed E-state index contributed by atoms with van der Waals surface area (Å²) in [5, 5.41) is 13.1. The van der Waals surface area contributed by atoms with Gasteiger partial charge in [0.15, 0.2) is 6.10 Å². The van der Waals surface area contributed by atoms with Crippen molar-refractivity contribution in [2.24, 2.45) is 5.92 Å². The van der Waals surface area contributed by atoms with Crippen LogP contribution < -0.4 is 5.32 Å². The SMILES string of the molecule is Cc1ccc(C(=O)O[C@H](C)C(=O)N[C@H]2CCCC[C@@H]2C)c(O)c1C. The second-order valence-corrected chi connectivity index (χ2v) is 6.83. The Morgan fingerprint density at radius 3 is 2.58 bits per heavy atom. The molecule has 0 unspecified atom stereocenters. The minimum Gasteiger partial charge on any atom is -0.507 e. The predicted molar refractivity (Wildman–Crippen MR) is 92.0 cm³/mol. The van der Waals surface area contributed by atoms with Crippen molar-refractivity contribution in [3.8, 4) is 5.75 Å². The molecule has 1 amide bonds. The van der Waals surface area contributed by atoms with Gasteiger partial charge in [0.25, 0.3) is 5.91 Å². The fourth-order valence-electron chi connectivity index (χ4n) is 3.07. The van der Waals surface area contributed by atoms with Crippen molar-refractivity contribution in [2.75, 3.05) is 0 Å². The Morgan fingerprint density at radius 1 is 1.25 bits per heavy atom. The number of aryl methyl sites for hydroxylation is 1. The van der Waals surface area contributed by atoms with E-state index in [0.717, 1.165) is 24.8 Å². The number of phenols is 1. The highest BCUT2D eigenvalue weighted by molar-refractivity contribution is 5.95. The molecule has 3 atom stereocenters. The minimum atomic E-state index is -0.896. The van der Waals surface area contributed by atoms with E-state index in [1.165, 1.54) is 12.5 Å². The van der Waals surface area contributed by atoms with Crippen LogP contribution >= 0.6 is 0 Å². The van der Waals surface area contributed by atoms with Crippen molar-refractivity contribution in [3.05, 3.63) is 28.8 Å². The second-order valence-electron chi connectivity index (χ2n) is 6.83. The summed E-state index contributed by atoms with van der Waals surface area (Å²) < 4.78 is 5.24. The van der Waals surface area contributed by atoms with E-state index in [9.17, 15) is 14.7 Å². The molecule has 1 saturated carbocycles. The van der Waals surface area contributed by atoms with E-state index >= 15 is 0 Å². The van der Waals surface area contributed by atoms with Crippen LogP contribution in [0.3, 0.4) is 0 Å². The molecule has 0 heterocycles. The van der Waals surface area contributed by atoms with Gasteiger partial charge in [0.2, 0.25) is 0 Å². The van der Waals surface area contributed by atoms with Gasteiger partial charge in [-0.15, -0.1) is 0 Å². The molecular weight excluding hydrogens is 306 g/mol. The first kappa shape index (κ1) is 18.3. The molecule has 1 aliphatic carbocycles. The van der Waals surface area contributed by atoms with Gasteiger partial charge in [-0.3, -0.25) is 4.79 Å². The number of rotatable bonds is 4. The molecule has 5 nitrogen and oxygen atoms in total. The Balaban J connectivity index is 1.98. The van der Waals surface area contributed by atoms with Crippen molar-refractivity contribution in [1.82, 2.24) is 5.32 Å². The van der Waals surface area contributed by atoms with E-state index in [2.05, 4.69) is 12.2 Å². The number of esters is 1. The number of hydrogen-bond donors (Lipinski definition) is 2. The zero-order valence-corrected chi connectivity index (χ0v) is 14.9. The van der Waals surface area contributed by atoms with Crippen LogP contribution in [0.1, 0.15) is 61.0 Å². The van der Waals surface area contributed by atoms with Crippen molar-refractivity contribution < 1.29 is 19.4 Å². The number of phenolic OH excluding ortho intramolecular Hbond substituents is 1. The van der Waals surface area contributed by atoms with E-state index in [0.29, 0.717) is 11.5 Å². The average molecular weight is 333 g/mol. The smallest absolute Gasteiger partial charge is 0.342 e. The lowest BCUT2D eigenvalue weighted by atomic mass is 9.86. The monoisotopic (exact) mass is 333 g/mol. The van der Waals surface area contributed by atoms with Gasteiger partial charge < -0.3 is 15.2 Å². The Bertz CT molecular complexity index is 626. The molecule has 0 saturated heterocycles. The van der Waals surface area contributed by atoms with Crippen LogP contribution in [0.4, 0.5) is 0 Å². The molecule has 2 N–H and O–H groups in total. The van der Waals surface area contributed by atoms with Gasteiger partial charge in [-0.05, 0) is 56.7 Å². The first-order valence-corrected chi connectivity index (χ1v) is 8.61. The molecule has 0 radical (unpaired) electrons. The van der Waals surface area contributed by atoms with Gasteiger partial charge >= 0.3 is 5.97 Å². The summed E-state index contributed by atoms with van der Waals surface area (Å²) in [5.74, 6) is -0.622. The third-order valence-corrected chi connectivity index (χ3v) is 5.01. The molecule has 0 aliphatic heterocycles. The number of nitrogens with one attached hydrogen (secondary N) is 1. The topological polar surface area (TPSA) is 75.6 Å². The standard InChI is InChI=1S/C19H27NO4/c1-11-9-10-15(17(21)13(11)3)19(23)24-14(4)18(22)20-16-8-6-5-7-12(16)2/h9-10,12,14,16,21H,5-8H2,1-4H3,(H,20,22)/t12-,14+,16-/m0/s1. The van der Waals surface area contributed by atoms with E-state index in [1.807, 2.05) is 6.92 Å². The fraction of sp³-hybridized carbons (Fsp3) is 0.579. The minimum absolute atomic E-state index is 0.0868. The number of carbonyl (C=O) groups is 2. The fourth-order valence-corrected chi connectivity index (χ4v) is 3.07. The van der Waals surface area contributed by atoms with Crippen LogP contribution in [0.25, 0.3) is 0 Å². The van der Waals surface area contributed by atoms with Gasteiger partial charge in [-0.2, -0.15) is 0 Å². The van der Waals surface area contributed by atoms with Crippen molar-refractivity contribution in [1.29, 1.82) is 0 Å². The first-order valence-electron chi connectivity index (χ1n) is 8.61. The van der Waals surface area contributed by atoms with Gasteiger partial charge in [-0.25, -0.2) is 4.79 Å². The quantitative estimate of drug-likeness (QED) is 0.829. The number of ether oxygens (including phenoxy) is 1. The molecule has 0 spiro atoms. The molecule has 132 valence electrons. The summed E-state index contributed by atoms with van der Waals surface area (Å²) in [6.07, 6.45) is 3.48. The highest BCUT2D eigenvalue weighted by atomic mass is 16.5. The second kappa shape index (κ2) is 7.69. The number of hydrogen-bond acceptors (Lipinski definition) is 4. The zero-order chi connectivity index (χ0) is 17.9. The largest absolute Gasteiger partial charge is 0.507 e. The molecule has 0 aromatic heterocycles. The van der Waals surface area contributed by atoms with Crippen LogP contribution in [-0.4, -0.2) is 29.1 Å². The van der Waals surface area contributed by atoms with Crippen LogP contribution in [-0.2, 0) is 9.53 Å². The van der Waals surface area contributed by atoms with Crippen LogP contribution in [0.5, 0.6) is 5.75 Å². The molecule has 2 rings (SSSR count). The van der Waals surface area contributed by atoms with Crippen molar-refractivity contribution >= 4 is 11.9 Å². The van der Waals surface area contributed by atoms with E-state index in [1.54, 1.807) is 19.9 Å². The number of benzene rings is 1. The summed E-state index contributed by atoms with van der Waals surface area (Å²) >= 11 is 0. The molecule has 1 aliphatic rings. The van der Waals surface area contributed by atoms with Gasteiger partial charge in [0, 0.05) is 6.04 Å². The number of amides is 1. The first-order chi connectivity index (χ1) is 11.3. The maximum Gasteiger partial charge on any atom is 0.342 e. The molecule has 1 aromatic rings. The van der Waals surface area contributed by atoms with E-state index in [-0.39, 0.29) is 23.3 Å². The Labute approximate surface area is 143 Å². The molecule has 1 fully saturated rings. The van der Waals surface area contributed by atoms with Crippen molar-refractivity contribution in [3.63, 3.8) is 0 Å². The van der Waals surface area contributed by atoms with Crippen LogP contribution in [0.15, 0.2) is 12.1 Å². The summed E-state index contributed by atoms with van der Waals surface area (Å²) in [7, 11) is 0. The van der Waals surface area contributed by atoms with Crippen LogP contribution in [0.2, 0.25) is 0 Å². The number of carbonyl (C=O) groups excluding carboxylic acids is 2. The molecule has 5 heteroatoms. The Kier molecular flexibility index (Phi) is 5.86. The average Bonchev–Trinajstić information content (AvgIpc) is 2.54. The lowest BCUT2D eigenvalue weighted by Crippen LogP contribution is -2.46. The lowest BCUT2D eigenvalue weighted by Gasteiger charge is -2.30. The highest BCUT2D eigenvalue weighted by Gasteiger charge is 2.27. The Morgan fingerprint density at radius 2 is 1.92 bits per heavy atom. The van der Waals surface area contributed by atoms with E-state index in [4.69, 9.17) is 4.74 Å². The Hall–Kier alpha value is -2.04. The molecular formula is C19H27NO4. The summed E-state index contributed by atoms with van der Waals surface area (Å²) in [6, 6.07) is 3.41. The van der Waals surface area contributed by atoms with Gasteiger partial charge in [0.1, 0.15) is 11.3 Å². The van der Waals surface area contributed by atoms with Gasteiger partial charge in [-0.1, -0.05) is 25.8 Å². The van der Waals surface area contributed by atoms with Gasteiger partial charge in [0.05, 0.1) is 0 Å².